The number of nitrogen functional groups attached to an aromatic ring is 1. The molecule has 0 fully saturated rings. The molecule has 0 spiro atoms. The Balaban J connectivity index is 1.87. The van der Waals surface area contributed by atoms with Crippen LogP contribution in [-0.4, -0.2) is 18.3 Å². The topological polar surface area (TPSA) is 64.7 Å². The van der Waals surface area contributed by atoms with Gasteiger partial charge in [-0.15, -0.1) is 11.8 Å². The standard InChI is InChI=1S/C22H22FNO3S/c1-14(25)22(15-8-11-20(26-2)18(23)12-15)28-21-13-17(9-10-19(21)24)27-16-6-4-3-5-7-16/h3-14,22,25H,24H2,1-2H3. The van der Waals surface area contributed by atoms with Crippen molar-refractivity contribution in [2.24, 2.45) is 0 Å². The smallest absolute Gasteiger partial charge is 0.165 e. The minimum Gasteiger partial charge on any atom is -0.494 e. The average molecular weight is 399 g/mol. The van der Waals surface area contributed by atoms with E-state index in [4.69, 9.17) is 15.2 Å². The lowest BCUT2D eigenvalue weighted by Gasteiger charge is -2.21. The molecule has 3 aromatic carbocycles. The minimum atomic E-state index is -0.726. The fourth-order valence-corrected chi connectivity index (χ4v) is 3.89. The highest BCUT2D eigenvalue weighted by molar-refractivity contribution is 7.99. The lowest BCUT2D eigenvalue weighted by atomic mass is 10.1. The number of benzene rings is 3. The fourth-order valence-electron chi connectivity index (χ4n) is 2.75. The van der Waals surface area contributed by atoms with Gasteiger partial charge in [-0.25, -0.2) is 4.39 Å². The number of aliphatic hydroxyl groups excluding tert-OH is 1. The summed E-state index contributed by atoms with van der Waals surface area (Å²) in [4.78, 5) is 0.746. The Bertz CT molecular complexity index is 934. The van der Waals surface area contributed by atoms with Gasteiger partial charge in [-0.1, -0.05) is 24.3 Å². The number of ether oxygens (including phenoxy) is 2. The van der Waals surface area contributed by atoms with Crippen LogP contribution in [0.5, 0.6) is 17.2 Å². The monoisotopic (exact) mass is 399 g/mol. The van der Waals surface area contributed by atoms with Gasteiger partial charge in [-0.2, -0.15) is 0 Å². The van der Waals surface area contributed by atoms with Crippen LogP contribution < -0.4 is 15.2 Å². The fraction of sp³-hybridized carbons (Fsp3) is 0.182. The quantitative estimate of drug-likeness (QED) is 0.410. The Hall–Kier alpha value is -2.70. The maximum Gasteiger partial charge on any atom is 0.165 e. The number of methoxy groups -OCH3 is 1. The number of rotatable bonds is 7. The van der Waals surface area contributed by atoms with Crippen LogP contribution in [0.2, 0.25) is 0 Å². The first-order valence-electron chi connectivity index (χ1n) is 8.78. The molecule has 3 aromatic rings. The number of anilines is 1. The van der Waals surface area contributed by atoms with Gasteiger partial charge in [0.15, 0.2) is 11.6 Å². The van der Waals surface area contributed by atoms with Gasteiger partial charge in [0.25, 0.3) is 0 Å². The second kappa shape index (κ2) is 8.99. The predicted octanol–water partition coefficient (Wildman–Crippen LogP) is 5.42. The molecule has 2 atom stereocenters. The summed E-state index contributed by atoms with van der Waals surface area (Å²) in [5, 5.41) is 9.89. The van der Waals surface area contributed by atoms with E-state index in [9.17, 15) is 9.50 Å². The van der Waals surface area contributed by atoms with E-state index in [-0.39, 0.29) is 5.75 Å². The molecule has 6 heteroatoms. The van der Waals surface area contributed by atoms with E-state index in [1.807, 2.05) is 36.4 Å². The van der Waals surface area contributed by atoms with Crippen molar-refractivity contribution >= 4 is 17.4 Å². The zero-order valence-electron chi connectivity index (χ0n) is 15.6. The van der Waals surface area contributed by atoms with Crippen LogP contribution in [0.1, 0.15) is 17.7 Å². The number of para-hydroxylation sites is 1. The van der Waals surface area contributed by atoms with Gasteiger partial charge in [0.05, 0.1) is 18.5 Å². The Labute approximate surface area is 168 Å². The number of hydrogen-bond donors (Lipinski definition) is 2. The summed E-state index contributed by atoms with van der Waals surface area (Å²) in [6.45, 7) is 1.67. The first-order chi connectivity index (χ1) is 13.5. The van der Waals surface area contributed by atoms with E-state index >= 15 is 0 Å². The summed E-state index contributed by atoms with van der Waals surface area (Å²) in [5.41, 5.74) is 7.34. The van der Waals surface area contributed by atoms with E-state index in [0.29, 0.717) is 22.7 Å². The molecular weight excluding hydrogens is 377 g/mol. The highest BCUT2D eigenvalue weighted by Gasteiger charge is 2.22. The van der Waals surface area contributed by atoms with Crippen molar-refractivity contribution in [3.63, 3.8) is 0 Å². The SMILES string of the molecule is COc1ccc(C(Sc2cc(Oc3ccccc3)ccc2N)C(C)O)cc1F. The van der Waals surface area contributed by atoms with E-state index in [2.05, 4.69) is 0 Å². The summed E-state index contributed by atoms with van der Waals surface area (Å²) in [6.07, 6.45) is -0.726. The molecule has 0 aliphatic carbocycles. The molecule has 0 amide bonds. The van der Waals surface area contributed by atoms with Crippen molar-refractivity contribution in [1.82, 2.24) is 0 Å². The third kappa shape index (κ3) is 4.77. The van der Waals surface area contributed by atoms with Crippen molar-refractivity contribution in [2.45, 2.75) is 23.2 Å². The molecule has 0 heterocycles. The Kier molecular flexibility index (Phi) is 6.44. The zero-order valence-corrected chi connectivity index (χ0v) is 16.4. The molecule has 3 N–H and O–H groups in total. The minimum absolute atomic E-state index is 0.163. The molecule has 146 valence electrons. The molecule has 0 saturated heterocycles. The first-order valence-corrected chi connectivity index (χ1v) is 9.66. The predicted molar refractivity (Wildman–Crippen MR) is 111 cm³/mol. The number of thioether (sulfide) groups is 1. The Morgan fingerprint density at radius 2 is 1.75 bits per heavy atom. The van der Waals surface area contributed by atoms with Crippen LogP contribution in [-0.2, 0) is 0 Å². The molecule has 3 rings (SSSR count). The van der Waals surface area contributed by atoms with Gasteiger partial charge in [0, 0.05) is 10.6 Å². The van der Waals surface area contributed by atoms with Crippen LogP contribution in [0.15, 0.2) is 71.6 Å². The molecule has 0 bridgehead atoms. The van der Waals surface area contributed by atoms with Crippen LogP contribution in [0.4, 0.5) is 10.1 Å². The van der Waals surface area contributed by atoms with Crippen LogP contribution >= 0.6 is 11.8 Å². The van der Waals surface area contributed by atoms with Crippen molar-refractivity contribution in [1.29, 1.82) is 0 Å². The van der Waals surface area contributed by atoms with E-state index in [0.717, 1.165) is 4.90 Å². The van der Waals surface area contributed by atoms with Gasteiger partial charge in [-0.05, 0) is 55.0 Å². The van der Waals surface area contributed by atoms with Gasteiger partial charge < -0.3 is 20.3 Å². The molecule has 0 aromatic heterocycles. The van der Waals surface area contributed by atoms with Crippen molar-refractivity contribution in [3.05, 3.63) is 78.1 Å². The van der Waals surface area contributed by atoms with Gasteiger partial charge in [0.2, 0.25) is 0 Å². The van der Waals surface area contributed by atoms with Crippen LogP contribution in [0.25, 0.3) is 0 Å². The highest BCUT2D eigenvalue weighted by atomic mass is 32.2. The third-order valence-electron chi connectivity index (χ3n) is 4.16. The Morgan fingerprint density at radius 1 is 1.00 bits per heavy atom. The number of nitrogens with two attached hydrogens (primary N) is 1. The molecule has 0 radical (unpaired) electrons. The molecular formula is C22H22FNO3S. The van der Waals surface area contributed by atoms with Crippen molar-refractivity contribution < 1.29 is 19.0 Å². The second-order valence-electron chi connectivity index (χ2n) is 6.29. The van der Waals surface area contributed by atoms with E-state index in [1.54, 1.807) is 31.2 Å². The van der Waals surface area contributed by atoms with Crippen molar-refractivity contribution in [3.8, 4) is 17.2 Å². The number of halogens is 1. The number of aliphatic hydroxyl groups is 1. The van der Waals surface area contributed by atoms with Crippen LogP contribution in [0.3, 0.4) is 0 Å². The summed E-state index contributed by atoms with van der Waals surface area (Å²) in [5.74, 6) is 1.04. The van der Waals surface area contributed by atoms with E-state index in [1.165, 1.54) is 24.9 Å². The molecule has 28 heavy (non-hydrogen) atoms. The molecule has 4 nitrogen and oxygen atoms in total. The molecule has 0 aliphatic heterocycles. The highest BCUT2D eigenvalue weighted by Crippen LogP contribution is 2.42. The summed E-state index contributed by atoms with van der Waals surface area (Å²) in [7, 11) is 1.41. The normalized spacial score (nSPS) is 13.0. The first kappa shape index (κ1) is 20.0. The zero-order chi connectivity index (χ0) is 20.1. The van der Waals surface area contributed by atoms with Gasteiger partial charge in [-0.3, -0.25) is 0 Å². The van der Waals surface area contributed by atoms with E-state index < -0.39 is 17.2 Å². The van der Waals surface area contributed by atoms with Gasteiger partial charge >= 0.3 is 0 Å². The molecule has 2 unspecified atom stereocenters. The molecule has 0 saturated carbocycles. The lowest BCUT2D eigenvalue weighted by Crippen LogP contribution is -2.12. The lowest BCUT2D eigenvalue weighted by molar-refractivity contribution is 0.192. The summed E-state index contributed by atoms with van der Waals surface area (Å²) >= 11 is 1.36. The second-order valence-corrected chi connectivity index (χ2v) is 7.47. The summed E-state index contributed by atoms with van der Waals surface area (Å²) in [6, 6.07) is 19.5. The third-order valence-corrected chi connectivity index (χ3v) is 5.69. The Morgan fingerprint density at radius 3 is 2.39 bits per heavy atom. The molecule has 0 aliphatic rings. The maximum absolute atomic E-state index is 14.1. The summed E-state index contributed by atoms with van der Waals surface area (Å²) < 4.78 is 25.0. The van der Waals surface area contributed by atoms with Gasteiger partial charge in [0.1, 0.15) is 11.5 Å². The largest absolute Gasteiger partial charge is 0.494 e. The number of hydrogen-bond acceptors (Lipinski definition) is 5. The average Bonchev–Trinajstić information content (AvgIpc) is 2.69. The maximum atomic E-state index is 14.1. The van der Waals surface area contributed by atoms with Crippen LogP contribution in [0, 0.1) is 5.82 Å². The van der Waals surface area contributed by atoms with Crippen molar-refractivity contribution in [2.75, 3.05) is 12.8 Å².